The second-order valence-corrected chi connectivity index (χ2v) is 7.25. The number of carbonyl (C=O) groups is 1. The molecule has 0 fully saturated rings. The van der Waals surface area contributed by atoms with Gasteiger partial charge in [-0.05, 0) is 59.6 Å². The van der Waals surface area contributed by atoms with Gasteiger partial charge >= 0.3 is 0 Å². The largest absolute Gasteiger partial charge is 0.488 e. The minimum atomic E-state index is 0.183. The number of hydrogen-bond acceptors (Lipinski definition) is 2. The Hall–Kier alpha value is -2.61. The van der Waals surface area contributed by atoms with E-state index in [1.807, 2.05) is 18.2 Å². The van der Waals surface area contributed by atoms with E-state index in [9.17, 15) is 4.79 Å². The highest BCUT2D eigenvalue weighted by Gasteiger charge is 2.27. The molecule has 0 N–H and O–H groups in total. The van der Waals surface area contributed by atoms with E-state index in [2.05, 4.69) is 49.4 Å². The summed E-state index contributed by atoms with van der Waals surface area (Å²) in [6.45, 7) is 2.85. The van der Waals surface area contributed by atoms with E-state index in [1.54, 1.807) is 0 Å². The second kappa shape index (κ2) is 7.33. The molecule has 0 aromatic heterocycles. The highest BCUT2D eigenvalue weighted by molar-refractivity contribution is 6.05. The van der Waals surface area contributed by atoms with Gasteiger partial charge in [-0.3, -0.25) is 4.79 Å². The number of allylic oxidation sites excluding steroid dienone is 2. The minimum Gasteiger partial charge on any atom is -0.488 e. The third kappa shape index (κ3) is 3.37. The number of aryl methyl sites for hydroxylation is 1. The van der Waals surface area contributed by atoms with Crippen LogP contribution < -0.4 is 4.74 Å². The monoisotopic (exact) mass is 344 g/mol. The van der Waals surface area contributed by atoms with Gasteiger partial charge in [0.15, 0.2) is 5.78 Å². The van der Waals surface area contributed by atoms with E-state index in [-0.39, 0.29) is 5.78 Å². The first kappa shape index (κ1) is 16.8. The summed E-state index contributed by atoms with van der Waals surface area (Å²) >= 11 is 0. The van der Waals surface area contributed by atoms with Gasteiger partial charge < -0.3 is 4.74 Å². The van der Waals surface area contributed by atoms with Crippen LogP contribution in [0.1, 0.15) is 48.8 Å². The number of rotatable bonds is 5. The minimum absolute atomic E-state index is 0.183. The van der Waals surface area contributed by atoms with Crippen molar-refractivity contribution in [3.63, 3.8) is 0 Å². The predicted molar refractivity (Wildman–Crippen MR) is 105 cm³/mol. The Kier molecular flexibility index (Phi) is 4.75. The lowest BCUT2D eigenvalue weighted by molar-refractivity contribution is -0.113. The summed E-state index contributed by atoms with van der Waals surface area (Å²) in [5, 5.41) is 0. The number of ketones is 1. The maximum absolute atomic E-state index is 12.0. The molecule has 26 heavy (non-hydrogen) atoms. The third-order valence-electron chi connectivity index (χ3n) is 5.39. The van der Waals surface area contributed by atoms with Gasteiger partial charge in [0.05, 0.1) is 0 Å². The van der Waals surface area contributed by atoms with Crippen molar-refractivity contribution in [1.82, 2.24) is 0 Å². The maximum atomic E-state index is 12.0. The summed E-state index contributed by atoms with van der Waals surface area (Å²) in [5.41, 5.74) is 6.05. The van der Waals surface area contributed by atoms with Gasteiger partial charge in [-0.1, -0.05) is 55.5 Å². The van der Waals surface area contributed by atoms with Gasteiger partial charge in [0.25, 0.3) is 0 Å². The summed E-state index contributed by atoms with van der Waals surface area (Å²) in [7, 11) is 0. The van der Waals surface area contributed by atoms with Crippen LogP contribution in [0.3, 0.4) is 0 Å². The molecule has 2 aliphatic rings. The van der Waals surface area contributed by atoms with Crippen molar-refractivity contribution in [1.29, 1.82) is 0 Å². The van der Waals surface area contributed by atoms with Crippen molar-refractivity contribution in [2.75, 3.05) is 6.61 Å². The zero-order valence-corrected chi connectivity index (χ0v) is 15.2. The first-order valence-electron chi connectivity index (χ1n) is 9.46. The van der Waals surface area contributed by atoms with Crippen LogP contribution in [-0.2, 0) is 11.2 Å². The van der Waals surface area contributed by atoms with Crippen molar-refractivity contribution in [3.8, 4) is 5.75 Å². The standard InChI is InChI=1S/C24H24O2/c1-17(7-5-10-18-8-3-2-4-9-18)21-11-6-12-23-24(21)22-15-20(25)14-13-19(22)16-26-23/h2-4,6,8-9,11-13,15,17H,5,7,10,14,16H2,1H3. The van der Waals surface area contributed by atoms with Crippen molar-refractivity contribution in [2.45, 2.75) is 38.5 Å². The normalized spacial score (nSPS) is 16.7. The molecule has 0 spiro atoms. The lowest BCUT2D eigenvalue weighted by Crippen LogP contribution is -2.17. The third-order valence-corrected chi connectivity index (χ3v) is 5.39. The Labute approximate surface area is 155 Å². The Balaban J connectivity index is 1.56. The number of benzene rings is 2. The Bertz CT molecular complexity index is 874. The van der Waals surface area contributed by atoms with E-state index < -0.39 is 0 Å². The Morgan fingerprint density at radius 3 is 2.77 bits per heavy atom. The summed E-state index contributed by atoms with van der Waals surface area (Å²) in [4.78, 5) is 12.0. The number of hydrogen-bond donors (Lipinski definition) is 0. The van der Waals surface area contributed by atoms with E-state index in [1.165, 1.54) is 11.1 Å². The summed E-state index contributed by atoms with van der Waals surface area (Å²) in [6.07, 6.45) is 7.70. The van der Waals surface area contributed by atoms with Gasteiger partial charge in [0.1, 0.15) is 12.4 Å². The number of ether oxygens (including phenoxy) is 1. The molecule has 1 atom stereocenters. The lowest BCUT2D eigenvalue weighted by atomic mass is 9.82. The van der Waals surface area contributed by atoms with Crippen molar-refractivity contribution in [2.24, 2.45) is 0 Å². The average Bonchev–Trinajstić information content (AvgIpc) is 2.68. The quantitative estimate of drug-likeness (QED) is 0.717. The average molecular weight is 344 g/mol. The fraction of sp³-hybridized carbons (Fsp3) is 0.292. The SMILES string of the molecule is CC(CCCc1ccccc1)c1cccc2c1C1=CC(=O)CC=C1CO2. The molecule has 2 nitrogen and oxygen atoms in total. The fourth-order valence-electron chi connectivity index (χ4n) is 3.95. The molecular weight excluding hydrogens is 320 g/mol. The van der Waals surface area contributed by atoms with Gasteiger partial charge in [-0.15, -0.1) is 0 Å². The highest BCUT2D eigenvalue weighted by Crippen LogP contribution is 2.43. The molecule has 0 saturated carbocycles. The van der Waals surface area contributed by atoms with Crippen LogP contribution in [0, 0.1) is 0 Å². The molecular formula is C24H24O2. The van der Waals surface area contributed by atoms with E-state index in [0.717, 1.165) is 41.7 Å². The van der Waals surface area contributed by atoms with Crippen LogP contribution in [0.25, 0.3) is 5.57 Å². The van der Waals surface area contributed by atoms with Crippen LogP contribution in [0.15, 0.2) is 66.3 Å². The zero-order valence-electron chi connectivity index (χ0n) is 15.2. The molecule has 1 heterocycles. The molecule has 0 bridgehead atoms. The molecule has 1 aliphatic carbocycles. The molecule has 2 heteroatoms. The second-order valence-electron chi connectivity index (χ2n) is 7.25. The van der Waals surface area contributed by atoms with Crippen molar-refractivity contribution in [3.05, 3.63) is 82.9 Å². The van der Waals surface area contributed by atoms with Gasteiger partial charge in [0, 0.05) is 12.0 Å². The molecule has 0 radical (unpaired) electrons. The van der Waals surface area contributed by atoms with Gasteiger partial charge in [0.2, 0.25) is 0 Å². The Morgan fingerprint density at radius 2 is 1.92 bits per heavy atom. The smallest absolute Gasteiger partial charge is 0.160 e. The first-order valence-corrected chi connectivity index (χ1v) is 9.46. The highest BCUT2D eigenvalue weighted by atomic mass is 16.5. The summed E-state index contributed by atoms with van der Waals surface area (Å²) < 4.78 is 5.97. The van der Waals surface area contributed by atoms with Crippen molar-refractivity contribution < 1.29 is 9.53 Å². The van der Waals surface area contributed by atoms with E-state index in [4.69, 9.17) is 4.74 Å². The molecule has 0 amide bonds. The van der Waals surface area contributed by atoms with Crippen LogP contribution in [0.4, 0.5) is 0 Å². The van der Waals surface area contributed by atoms with Crippen LogP contribution in [0.5, 0.6) is 5.75 Å². The molecule has 1 aliphatic heterocycles. The molecule has 0 saturated heterocycles. The zero-order chi connectivity index (χ0) is 17.9. The first-order chi connectivity index (χ1) is 12.7. The van der Waals surface area contributed by atoms with Crippen LogP contribution in [0.2, 0.25) is 0 Å². The van der Waals surface area contributed by atoms with Gasteiger partial charge in [-0.2, -0.15) is 0 Å². The van der Waals surface area contributed by atoms with Crippen LogP contribution in [-0.4, -0.2) is 12.4 Å². The maximum Gasteiger partial charge on any atom is 0.160 e. The fourth-order valence-corrected chi connectivity index (χ4v) is 3.95. The topological polar surface area (TPSA) is 26.3 Å². The molecule has 2 aromatic carbocycles. The molecule has 4 rings (SSSR count). The van der Waals surface area contributed by atoms with Gasteiger partial charge in [-0.25, -0.2) is 0 Å². The van der Waals surface area contributed by atoms with Crippen molar-refractivity contribution >= 4 is 11.4 Å². The van der Waals surface area contributed by atoms with Crippen LogP contribution >= 0.6 is 0 Å². The molecule has 2 aromatic rings. The molecule has 1 unspecified atom stereocenters. The summed E-state index contributed by atoms with van der Waals surface area (Å²) in [5.74, 6) is 1.52. The Morgan fingerprint density at radius 1 is 1.08 bits per heavy atom. The van der Waals surface area contributed by atoms with E-state index in [0.29, 0.717) is 18.9 Å². The number of carbonyl (C=O) groups excluding carboxylic acids is 1. The predicted octanol–water partition coefficient (Wildman–Crippen LogP) is 5.49. The molecule has 132 valence electrons. The summed E-state index contributed by atoms with van der Waals surface area (Å²) in [6, 6.07) is 16.9. The van der Waals surface area contributed by atoms with E-state index >= 15 is 0 Å². The lowest BCUT2D eigenvalue weighted by Gasteiger charge is -2.28. The number of fused-ring (bicyclic) bond motifs is 3.